The lowest BCUT2D eigenvalue weighted by Crippen LogP contribution is -2.68. The normalized spacial score (nSPS) is 14.2. The Bertz CT molecular complexity index is 402. The maximum atomic E-state index is 8.49. The molecule has 7 nitrogen and oxygen atoms in total. The van der Waals surface area contributed by atoms with Crippen molar-refractivity contribution in [2.75, 3.05) is 18.5 Å². The summed E-state index contributed by atoms with van der Waals surface area (Å²) in [5.74, 6) is 1.10. The van der Waals surface area contributed by atoms with Crippen LogP contribution >= 0.6 is 0 Å². The third-order valence-electron chi connectivity index (χ3n) is 2.36. The molecular formula is C9H14ClN3O4. The minimum absolute atomic E-state index is 1.07. The maximum Gasteiger partial charge on any atom is 0.394 e. The average Bonchev–Trinajstić information content (AvgIpc) is 2.45. The second-order valence-corrected chi connectivity index (χ2v) is 4.55. The molecule has 0 aromatic carbocycles. The molecule has 0 amide bonds. The van der Waals surface area contributed by atoms with Crippen molar-refractivity contribution in [1.29, 1.82) is 0 Å². The lowest BCUT2D eigenvalue weighted by Gasteiger charge is -2.17. The quantitative estimate of drug-likeness (QED) is 0.438. The van der Waals surface area contributed by atoms with E-state index in [1.165, 1.54) is 5.69 Å². The molecule has 0 saturated carbocycles. The van der Waals surface area contributed by atoms with Crippen LogP contribution in [-0.2, 0) is 6.54 Å². The van der Waals surface area contributed by atoms with Gasteiger partial charge in [-0.2, -0.15) is 0 Å². The van der Waals surface area contributed by atoms with Crippen LogP contribution < -0.4 is 28.1 Å². The van der Waals surface area contributed by atoms with Gasteiger partial charge in [0.2, 0.25) is 0 Å². The van der Waals surface area contributed by atoms with E-state index in [-0.39, 0.29) is 0 Å². The topological polar surface area (TPSA) is 112 Å². The lowest BCUT2D eigenvalue weighted by molar-refractivity contribution is -2.00. The average molecular weight is 264 g/mol. The Hall–Kier alpha value is -0.990. The molecule has 0 N–H and O–H groups in total. The van der Waals surface area contributed by atoms with Crippen molar-refractivity contribution >= 4 is 5.95 Å². The highest BCUT2D eigenvalue weighted by molar-refractivity contribution is 5.25. The summed E-state index contributed by atoms with van der Waals surface area (Å²) in [5.41, 5.74) is 2.41. The Morgan fingerprint density at radius 1 is 1.29 bits per heavy atom. The minimum atomic E-state index is -4.94. The number of aromatic nitrogens is 2. The highest BCUT2D eigenvalue weighted by Gasteiger charge is 2.26. The van der Waals surface area contributed by atoms with Crippen molar-refractivity contribution in [3.8, 4) is 0 Å². The van der Waals surface area contributed by atoms with Crippen molar-refractivity contribution in [2.24, 2.45) is 0 Å². The van der Waals surface area contributed by atoms with Crippen LogP contribution in [0.3, 0.4) is 0 Å². The van der Waals surface area contributed by atoms with E-state index in [2.05, 4.69) is 34.5 Å². The molecule has 17 heavy (non-hydrogen) atoms. The smallest absolute Gasteiger partial charge is 0.261 e. The summed E-state index contributed by atoms with van der Waals surface area (Å²) in [7, 11) is -2.86. The summed E-state index contributed by atoms with van der Waals surface area (Å²) < 4.78 is 36.2. The first-order valence-electron chi connectivity index (χ1n) is 4.89. The van der Waals surface area contributed by atoms with E-state index < -0.39 is 10.2 Å². The van der Waals surface area contributed by atoms with Crippen molar-refractivity contribution in [3.63, 3.8) is 0 Å². The predicted octanol–water partition coefficient (Wildman–Crippen LogP) is -4.32. The van der Waals surface area contributed by atoms with Gasteiger partial charge in [-0.1, -0.05) is 4.98 Å². The fourth-order valence-corrected chi connectivity index (χ4v) is 1.71. The number of anilines is 1. The largest absolute Gasteiger partial charge is 0.394 e. The summed E-state index contributed by atoms with van der Waals surface area (Å²) in [4.78, 5) is 6.68. The number of rotatable bonds is 0. The molecule has 1 aliphatic rings. The van der Waals surface area contributed by atoms with E-state index >= 15 is 0 Å². The fraction of sp³-hybridized carbons (Fsp3) is 0.556. The zero-order valence-electron chi connectivity index (χ0n) is 9.84. The number of fused-ring (bicyclic) bond motifs is 1. The molecule has 1 aliphatic heterocycles. The molecule has 0 unspecified atom stereocenters. The number of hydrogen-bond acceptors (Lipinski definition) is 6. The highest BCUT2D eigenvalue weighted by Crippen LogP contribution is 2.10. The Balaban J connectivity index is 0.000000249. The predicted molar refractivity (Wildman–Crippen MR) is 47.2 cm³/mol. The van der Waals surface area contributed by atoms with Gasteiger partial charge in [0, 0.05) is 6.07 Å². The Morgan fingerprint density at radius 3 is 2.35 bits per heavy atom. The van der Waals surface area contributed by atoms with E-state index in [9.17, 15) is 0 Å². The molecule has 0 spiro atoms. The molecule has 0 aliphatic carbocycles. The van der Waals surface area contributed by atoms with Crippen LogP contribution in [0.25, 0.3) is 0 Å². The summed E-state index contributed by atoms with van der Waals surface area (Å²) in [6, 6.07) is 2.13. The number of halogens is 1. The molecule has 0 atom stereocenters. The van der Waals surface area contributed by atoms with Gasteiger partial charge in [-0.25, -0.2) is 23.2 Å². The first kappa shape index (κ1) is 14.1. The van der Waals surface area contributed by atoms with Crippen LogP contribution in [0.5, 0.6) is 0 Å². The van der Waals surface area contributed by atoms with Gasteiger partial charge in [-0.05, 0) is 13.8 Å². The van der Waals surface area contributed by atoms with E-state index in [0.717, 1.165) is 24.7 Å². The molecule has 8 heteroatoms. The van der Waals surface area contributed by atoms with Crippen LogP contribution in [0.2, 0.25) is 0 Å². The molecule has 0 bridgehead atoms. The molecular weight excluding hydrogens is 250 g/mol. The van der Waals surface area contributed by atoms with Crippen molar-refractivity contribution < 1.29 is 33.4 Å². The SMILES string of the molecule is Cc1cc(C)[n+]2c(n1)N(C)CC2.[O-][Cl+3]([O-])([O-])[O-]. The first-order chi connectivity index (χ1) is 7.68. The molecule has 2 rings (SSSR count). The van der Waals surface area contributed by atoms with Gasteiger partial charge in [-0.3, -0.25) is 4.90 Å². The highest BCUT2D eigenvalue weighted by atomic mass is 35.7. The number of aryl methyl sites for hydroxylation is 2. The van der Waals surface area contributed by atoms with Crippen molar-refractivity contribution in [3.05, 3.63) is 17.5 Å². The maximum absolute atomic E-state index is 8.49. The van der Waals surface area contributed by atoms with Crippen LogP contribution in [0.15, 0.2) is 6.07 Å². The Morgan fingerprint density at radius 2 is 1.82 bits per heavy atom. The molecule has 1 aromatic rings. The van der Waals surface area contributed by atoms with Crippen LogP contribution in [-0.4, -0.2) is 18.6 Å². The minimum Gasteiger partial charge on any atom is -0.261 e. The molecule has 0 saturated heterocycles. The fourth-order valence-electron chi connectivity index (χ4n) is 1.71. The number of hydrogen-bond donors (Lipinski definition) is 0. The summed E-state index contributed by atoms with van der Waals surface area (Å²) in [5, 5.41) is 0. The van der Waals surface area contributed by atoms with Crippen molar-refractivity contribution in [1.82, 2.24) is 4.98 Å². The van der Waals surface area contributed by atoms with E-state index in [0.29, 0.717) is 0 Å². The number of nitrogens with zero attached hydrogens (tertiary/aromatic N) is 3. The lowest BCUT2D eigenvalue weighted by atomic mass is 10.3. The zero-order valence-corrected chi connectivity index (χ0v) is 10.6. The molecule has 1 aromatic heterocycles. The van der Waals surface area contributed by atoms with Crippen molar-refractivity contribution in [2.45, 2.75) is 20.4 Å². The van der Waals surface area contributed by atoms with Gasteiger partial charge in [0.15, 0.2) is 0 Å². The second kappa shape index (κ2) is 5.11. The standard InChI is InChI=1S/C9H14N3.ClHO4/c1-7-6-8(2)12-5-4-11(3)9(12)10-7;2-1(3,4)5/h6H,4-5H2,1-3H3;(H,2,3,4,5)/q+1;/p-1. The van der Waals surface area contributed by atoms with Crippen LogP contribution in [0.1, 0.15) is 11.4 Å². The van der Waals surface area contributed by atoms with Gasteiger partial charge in [-0.15, -0.1) is 10.2 Å². The molecule has 96 valence electrons. The van der Waals surface area contributed by atoms with E-state index in [4.69, 9.17) is 18.6 Å². The summed E-state index contributed by atoms with van der Waals surface area (Å²) in [6.07, 6.45) is 0. The zero-order chi connectivity index (χ0) is 13.2. The Labute approximate surface area is 101 Å². The molecule has 0 fully saturated rings. The van der Waals surface area contributed by atoms with E-state index in [1.54, 1.807) is 0 Å². The summed E-state index contributed by atoms with van der Waals surface area (Å²) >= 11 is 0. The molecule has 0 radical (unpaired) electrons. The number of likely N-dealkylation sites (N-methyl/N-ethyl adjacent to an activating group) is 1. The van der Waals surface area contributed by atoms with Gasteiger partial charge >= 0.3 is 5.95 Å². The molecule has 2 heterocycles. The van der Waals surface area contributed by atoms with Crippen LogP contribution in [0.4, 0.5) is 5.95 Å². The third kappa shape index (κ3) is 4.41. The monoisotopic (exact) mass is 263 g/mol. The Kier molecular flexibility index (Phi) is 4.23. The van der Waals surface area contributed by atoms with Crippen LogP contribution in [0, 0.1) is 24.1 Å². The second-order valence-electron chi connectivity index (χ2n) is 3.79. The third-order valence-corrected chi connectivity index (χ3v) is 2.36. The van der Waals surface area contributed by atoms with Gasteiger partial charge in [0.05, 0.1) is 19.3 Å². The van der Waals surface area contributed by atoms with Gasteiger partial charge < -0.3 is 0 Å². The first-order valence-corrected chi connectivity index (χ1v) is 6.13. The summed E-state index contributed by atoms with van der Waals surface area (Å²) in [6.45, 7) is 6.33. The van der Waals surface area contributed by atoms with Gasteiger partial charge in [0.25, 0.3) is 0 Å². The van der Waals surface area contributed by atoms with Gasteiger partial charge in [0.1, 0.15) is 12.2 Å². The van der Waals surface area contributed by atoms with E-state index in [1.807, 2.05) is 6.92 Å².